The number of piperidine rings is 1. The van der Waals surface area contributed by atoms with Gasteiger partial charge < -0.3 is 5.32 Å². The van der Waals surface area contributed by atoms with E-state index in [1.54, 1.807) is 0 Å². The standard InChI is InChI=1S/C16H28N2O3S/c1-11(2)10-13-14(16(13,3)4)15(19)17-12-6-8-18(9-7-12)22(5,20)21/h10,12-14H,6-9H2,1-5H3,(H,17,19)/t13-,14-/m0/s1. The second-order valence-corrected chi connectivity index (χ2v) is 9.50. The van der Waals surface area contributed by atoms with E-state index in [1.165, 1.54) is 16.1 Å². The maximum Gasteiger partial charge on any atom is 0.224 e. The molecular weight excluding hydrogens is 300 g/mol. The topological polar surface area (TPSA) is 66.5 Å². The monoisotopic (exact) mass is 328 g/mol. The van der Waals surface area contributed by atoms with Crippen LogP contribution in [-0.4, -0.2) is 44.0 Å². The highest BCUT2D eigenvalue weighted by atomic mass is 32.2. The summed E-state index contributed by atoms with van der Waals surface area (Å²) in [5, 5.41) is 3.12. The van der Waals surface area contributed by atoms with Gasteiger partial charge in [-0.05, 0) is 38.0 Å². The molecule has 1 amide bonds. The molecule has 1 saturated heterocycles. The summed E-state index contributed by atoms with van der Waals surface area (Å²) in [5.41, 5.74) is 1.27. The lowest BCUT2D eigenvalue weighted by Gasteiger charge is -2.30. The third-order valence-electron chi connectivity index (χ3n) is 4.98. The molecule has 0 aromatic carbocycles. The number of carbonyl (C=O) groups is 1. The van der Waals surface area contributed by atoms with Crippen molar-refractivity contribution in [1.82, 2.24) is 9.62 Å². The molecule has 126 valence electrons. The van der Waals surface area contributed by atoms with Crippen molar-refractivity contribution >= 4 is 15.9 Å². The van der Waals surface area contributed by atoms with Crippen LogP contribution < -0.4 is 5.32 Å². The highest BCUT2D eigenvalue weighted by Gasteiger charge is 2.60. The quantitative estimate of drug-likeness (QED) is 0.800. The van der Waals surface area contributed by atoms with E-state index in [9.17, 15) is 13.2 Å². The Morgan fingerprint density at radius 1 is 1.23 bits per heavy atom. The van der Waals surface area contributed by atoms with Gasteiger partial charge in [0.1, 0.15) is 0 Å². The number of nitrogens with zero attached hydrogens (tertiary/aromatic N) is 1. The molecule has 0 aromatic rings. The van der Waals surface area contributed by atoms with Gasteiger partial charge in [-0.1, -0.05) is 25.5 Å². The highest BCUT2D eigenvalue weighted by Crippen LogP contribution is 2.59. The van der Waals surface area contributed by atoms with Crippen molar-refractivity contribution < 1.29 is 13.2 Å². The second kappa shape index (κ2) is 5.96. The lowest BCUT2D eigenvalue weighted by molar-refractivity contribution is -0.124. The van der Waals surface area contributed by atoms with Crippen molar-refractivity contribution in [3.8, 4) is 0 Å². The summed E-state index contributed by atoms with van der Waals surface area (Å²) >= 11 is 0. The summed E-state index contributed by atoms with van der Waals surface area (Å²) in [6.07, 6.45) is 4.82. The average Bonchev–Trinajstić information content (AvgIpc) is 2.89. The summed E-state index contributed by atoms with van der Waals surface area (Å²) in [5.74, 6) is 0.467. The van der Waals surface area contributed by atoms with Crippen LogP contribution >= 0.6 is 0 Å². The third kappa shape index (κ3) is 3.71. The Morgan fingerprint density at radius 3 is 2.23 bits per heavy atom. The Labute approximate surface area is 134 Å². The summed E-state index contributed by atoms with van der Waals surface area (Å²) in [6, 6.07) is 0.0919. The molecule has 6 heteroatoms. The van der Waals surface area contributed by atoms with Crippen LogP contribution in [0.15, 0.2) is 11.6 Å². The number of amides is 1. The number of hydrogen-bond donors (Lipinski definition) is 1. The molecule has 0 radical (unpaired) electrons. The molecule has 1 saturated carbocycles. The van der Waals surface area contributed by atoms with E-state index < -0.39 is 10.0 Å². The Morgan fingerprint density at radius 2 is 1.77 bits per heavy atom. The van der Waals surface area contributed by atoms with Gasteiger partial charge in [0.15, 0.2) is 0 Å². The SMILES string of the molecule is CC(C)=C[C@H]1[C@@H](C(=O)NC2CCN(S(C)(=O)=O)CC2)C1(C)C. The van der Waals surface area contributed by atoms with Crippen molar-refractivity contribution in [1.29, 1.82) is 0 Å². The molecule has 2 fully saturated rings. The van der Waals surface area contributed by atoms with Crippen LogP contribution in [0.2, 0.25) is 0 Å². The molecule has 0 bridgehead atoms. The van der Waals surface area contributed by atoms with Crippen LogP contribution in [0.25, 0.3) is 0 Å². The summed E-state index contributed by atoms with van der Waals surface area (Å²) in [4.78, 5) is 12.5. The first kappa shape index (κ1) is 17.5. The van der Waals surface area contributed by atoms with E-state index >= 15 is 0 Å². The molecular formula is C16H28N2O3S. The van der Waals surface area contributed by atoms with Crippen LogP contribution in [0.1, 0.15) is 40.5 Å². The van der Waals surface area contributed by atoms with Crippen LogP contribution in [-0.2, 0) is 14.8 Å². The maximum atomic E-state index is 12.5. The zero-order valence-electron chi connectivity index (χ0n) is 14.2. The minimum atomic E-state index is -3.11. The van der Waals surface area contributed by atoms with E-state index in [0.717, 1.165) is 0 Å². The predicted molar refractivity (Wildman–Crippen MR) is 87.8 cm³/mol. The minimum absolute atomic E-state index is 0.0226. The molecule has 5 nitrogen and oxygen atoms in total. The first-order chi connectivity index (χ1) is 10.0. The molecule has 2 atom stereocenters. The summed E-state index contributed by atoms with van der Waals surface area (Å²) < 4.78 is 24.5. The second-order valence-electron chi connectivity index (χ2n) is 7.51. The molecule has 0 aromatic heterocycles. The Hall–Kier alpha value is -0.880. The molecule has 2 rings (SSSR count). The number of hydrogen-bond acceptors (Lipinski definition) is 3. The number of nitrogens with one attached hydrogen (secondary N) is 1. The van der Waals surface area contributed by atoms with Gasteiger partial charge in [-0.2, -0.15) is 0 Å². The zero-order valence-corrected chi connectivity index (χ0v) is 15.0. The van der Waals surface area contributed by atoms with Crippen molar-refractivity contribution in [3.63, 3.8) is 0 Å². The zero-order chi connectivity index (χ0) is 16.7. The fourth-order valence-corrected chi connectivity index (χ4v) is 4.35. The smallest absolute Gasteiger partial charge is 0.224 e. The molecule has 0 spiro atoms. The van der Waals surface area contributed by atoms with Gasteiger partial charge >= 0.3 is 0 Å². The van der Waals surface area contributed by atoms with Gasteiger partial charge in [-0.3, -0.25) is 4.79 Å². The Kier molecular flexibility index (Phi) is 4.74. The fraction of sp³-hybridized carbons (Fsp3) is 0.812. The number of sulfonamides is 1. The lowest BCUT2D eigenvalue weighted by atomic mass is 10.1. The third-order valence-corrected chi connectivity index (χ3v) is 6.28. The van der Waals surface area contributed by atoms with Crippen LogP contribution in [0.3, 0.4) is 0 Å². The summed E-state index contributed by atoms with van der Waals surface area (Å²) in [7, 11) is -3.11. The Balaban J connectivity index is 1.88. The van der Waals surface area contributed by atoms with Gasteiger partial charge in [-0.25, -0.2) is 12.7 Å². The molecule has 2 aliphatic rings. The van der Waals surface area contributed by atoms with Crippen molar-refractivity contribution in [2.75, 3.05) is 19.3 Å². The molecule has 1 heterocycles. The van der Waals surface area contributed by atoms with Crippen molar-refractivity contribution in [2.45, 2.75) is 46.6 Å². The fourth-order valence-electron chi connectivity index (χ4n) is 3.47. The molecule has 0 unspecified atom stereocenters. The van der Waals surface area contributed by atoms with Crippen LogP contribution in [0.4, 0.5) is 0 Å². The van der Waals surface area contributed by atoms with Gasteiger partial charge in [0.25, 0.3) is 0 Å². The van der Waals surface area contributed by atoms with E-state index in [4.69, 9.17) is 0 Å². The largest absolute Gasteiger partial charge is 0.353 e. The number of carbonyl (C=O) groups excluding carboxylic acids is 1. The molecule has 1 aliphatic heterocycles. The molecule has 1 N–H and O–H groups in total. The van der Waals surface area contributed by atoms with Gasteiger partial charge in [0.05, 0.1) is 12.2 Å². The summed E-state index contributed by atoms with van der Waals surface area (Å²) in [6.45, 7) is 9.38. The Bertz CT molecular complexity index is 568. The van der Waals surface area contributed by atoms with E-state index in [-0.39, 0.29) is 23.3 Å². The number of allylic oxidation sites excluding steroid dienone is 2. The normalized spacial score (nSPS) is 29.0. The van der Waals surface area contributed by atoms with Crippen molar-refractivity contribution in [3.05, 3.63) is 11.6 Å². The predicted octanol–water partition coefficient (Wildman–Crippen LogP) is 1.76. The first-order valence-electron chi connectivity index (χ1n) is 7.94. The average molecular weight is 328 g/mol. The minimum Gasteiger partial charge on any atom is -0.353 e. The van der Waals surface area contributed by atoms with Crippen LogP contribution in [0.5, 0.6) is 0 Å². The molecule has 1 aliphatic carbocycles. The molecule has 22 heavy (non-hydrogen) atoms. The van der Waals surface area contributed by atoms with Crippen molar-refractivity contribution in [2.24, 2.45) is 17.3 Å². The van der Waals surface area contributed by atoms with E-state index in [2.05, 4.69) is 39.1 Å². The van der Waals surface area contributed by atoms with Gasteiger partial charge in [-0.15, -0.1) is 0 Å². The van der Waals surface area contributed by atoms with Gasteiger partial charge in [0.2, 0.25) is 15.9 Å². The van der Waals surface area contributed by atoms with E-state index in [1.807, 2.05) is 0 Å². The van der Waals surface area contributed by atoms with Crippen LogP contribution in [0, 0.1) is 17.3 Å². The van der Waals surface area contributed by atoms with Gasteiger partial charge in [0, 0.05) is 19.1 Å². The first-order valence-corrected chi connectivity index (χ1v) is 9.79. The number of rotatable bonds is 4. The highest BCUT2D eigenvalue weighted by molar-refractivity contribution is 7.88. The van der Waals surface area contributed by atoms with E-state index in [0.29, 0.717) is 31.8 Å². The maximum absolute atomic E-state index is 12.5. The lowest BCUT2D eigenvalue weighted by Crippen LogP contribution is -2.46.